The van der Waals surface area contributed by atoms with Gasteiger partial charge in [0.1, 0.15) is 13.2 Å². The second-order valence-corrected chi connectivity index (χ2v) is 21.3. The van der Waals surface area contributed by atoms with Gasteiger partial charge in [-0.25, -0.2) is 0 Å². The van der Waals surface area contributed by atoms with Crippen molar-refractivity contribution < 1.29 is 28.6 Å². The Labute approximate surface area is 453 Å². The molecule has 0 fully saturated rings. The minimum atomic E-state index is -0.785. The van der Waals surface area contributed by atoms with Crippen molar-refractivity contribution in [1.29, 1.82) is 0 Å². The number of esters is 3. The van der Waals surface area contributed by atoms with E-state index in [4.69, 9.17) is 14.2 Å². The highest BCUT2D eigenvalue weighted by Crippen LogP contribution is 2.17. The van der Waals surface area contributed by atoms with Crippen molar-refractivity contribution in [2.24, 2.45) is 0 Å². The minimum Gasteiger partial charge on any atom is -0.462 e. The molecule has 0 aliphatic rings. The molecule has 0 saturated heterocycles. The predicted molar refractivity (Wildman–Crippen MR) is 316 cm³/mol. The van der Waals surface area contributed by atoms with Crippen LogP contribution in [0.5, 0.6) is 0 Å². The molecule has 0 bridgehead atoms. The van der Waals surface area contributed by atoms with Crippen molar-refractivity contribution in [1.82, 2.24) is 0 Å². The fourth-order valence-electron chi connectivity index (χ4n) is 9.17. The lowest BCUT2D eigenvalue weighted by Crippen LogP contribution is -2.30. The number of hydrogen-bond acceptors (Lipinski definition) is 6. The average molecular weight is 1020 g/mol. The summed E-state index contributed by atoms with van der Waals surface area (Å²) < 4.78 is 16.9. The summed E-state index contributed by atoms with van der Waals surface area (Å²) in [6.07, 6.45) is 77.9. The number of allylic oxidation sites excluding steroid dienone is 10. The van der Waals surface area contributed by atoms with Gasteiger partial charge in [0, 0.05) is 19.3 Å². The standard InChI is InChI=1S/C67H120O6/c1-4-7-10-13-16-19-22-25-28-30-32-34-36-37-39-42-45-48-51-54-57-60-66(69)72-63-64(62-71-65(68)59-56-53-50-47-44-41-27-24-21-18-15-12-9-6-3)73-67(70)61-58-55-52-49-46-43-40-38-35-33-31-29-26-23-20-17-14-11-8-5-2/h15,18,22,24-25,27,30,32,36-37,64H,4-14,16-17,19-21,23,26,28-29,31,33-35,38-63H2,1-3H3/b18-15-,25-22-,27-24-,32-30-,37-36-. The Morgan fingerprint density at radius 3 is 0.808 bits per heavy atom. The first kappa shape index (κ1) is 70.1. The van der Waals surface area contributed by atoms with Gasteiger partial charge in [-0.3, -0.25) is 14.4 Å². The third-order valence-electron chi connectivity index (χ3n) is 14.0. The van der Waals surface area contributed by atoms with Gasteiger partial charge in [-0.2, -0.15) is 0 Å². The van der Waals surface area contributed by atoms with E-state index in [0.717, 1.165) is 96.3 Å². The summed E-state index contributed by atoms with van der Waals surface area (Å²) in [4.78, 5) is 38.3. The molecule has 0 aliphatic carbocycles. The molecule has 0 radical (unpaired) electrons. The van der Waals surface area contributed by atoms with E-state index < -0.39 is 6.10 Å². The number of ether oxygens (including phenoxy) is 3. The molecule has 0 saturated carbocycles. The number of carbonyl (C=O) groups excluding carboxylic acids is 3. The van der Waals surface area contributed by atoms with Crippen molar-refractivity contribution in [3.8, 4) is 0 Å². The van der Waals surface area contributed by atoms with Crippen LogP contribution in [0, 0.1) is 0 Å². The van der Waals surface area contributed by atoms with E-state index in [9.17, 15) is 14.4 Å². The largest absolute Gasteiger partial charge is 0.462 e. The van der Waals surface area contributed by atoms with Gasteiger partial charge in [-0.1, -0.05) is 287 Å². The quantitative estimate of drug-likeness (QED) is 0.0261. The van der Waals surface area contributed by atoms with Crippen molar-refractivity contribution in [2.45, 2.75) is 335 Å². The highest BCUT2D eigenvalue weighted by molar-refractivity contribution is 5.71. The Balaban J connectivity index is 4.36. The van der Waals surface area contributed by atoms with E-state index in [2.05, 4.69) is 81.5 Å². The van der Waals surface area contributed by atoms with Crippen LogP contribution in [0.25, 0.3) is 0 Å². The molecule has 0 spiro atoms. The van der Waals surface area contributed by atoms with Crippen LogP contribution in [0.2, 0.25) is 0 Å². The number of unbranched alkanes of at least 4 members (excludes halogenated alkanes) is 37. The van der Waals surface area contributed by atoms with Gasteiger partial charge in [-0.15, -0.1) is 0 Å². The SMILES string of the molecule is CCCC/C=C\C/C=C\CCCCCCCC(=O)OCC(COC(=O)CCCCCCCC/C=C\C/C=C\C/C=C\CCCCCCC)OC(=O)CCCCCCCCCCCCCCCCCCCCCC. The summed E-state index contributed by atoms with van der Waals surface area (Å²) in [6, 6.07) is 0. The minimum absolute atomic E-state index is 0.0830. The number of rotatable bonds is 58. The molecule has 1 unspecified atom stereocenters. The molecule has 0 aromatic carbocycles. The van der Waals surface area contributed by atoms with Crippen LogP contribution < -0.4 is 0 Å². The first-order valence-corrected chi connectivity index (χ1v) is 31.8. The second kappa shape index (κ2) is 61.7. The van der Waals surface area contributed by atoms with E-state index in [1.54, 1.807) is 0 Å². The van der Waals surface area contributed by atoms with Crippen LogP contribution >= 0.6 is 0 Å². The zero-order chi connectivity index (χ0) is 52.9. The maximum absolute atomic E-state index is 12.9. The normalized spacial score (nSPS) is 12.4. The molecule has 73 heavy (non-hydrogen) atoms. The van der Waals surface area contributed by atoms with Gasteiger partial charge < -0.3 is 14.2 Å². The van der Waals surface area contributed by atoms with Crippen molar-refractivity contribution in [2.75, 3.05) is 13.2 Å². The van der Waals surface area contributed by atoms with Gasteiger partial charge in [-0.05, 0) is 83.5 Å². The highest BCUT2D eigenvalue weighted by atomic mass is 16.6. The van der Waals surface area contributed by atoms with E-state index in [-0.39, 0.29) is 31.1 Å². The van der Waals surface area contributed by atoms with Crippen LogP contribution in [0.1, 0.15) is 329 Å². The molecule has 0 N–H and O–H groups in total. The predicted octanol–water partition coefficient (Wildman–Crippen LogP) is 21.6. The van der Waals surface area contributed by atoms with E-state index in [0.29, 0.717) is 19.3 Å². The molecule has 0 amide bonds. The zero-order valence-corrected chi connectivity index (χ0v) is 48.7. The fourth-order valence-corrected chi connectivity index (χ4v) is 9.17. The summed E-state index contributed by atoms with van der Waals surface area (Å²) in [5.41, 5.74) is 0. The smallest absolute Gasteiger partial charge is 0.306 e. The molecule has 1 atom stereocenters. The molecular weight excluding hydrogens is 901 g/mol. The number of carbonyl (C=O) groups is 3. The monoisotopic (exact) mass is 1020 g/mol. The lowest BCUT2D eigenvalue weighted by atomic mass is 10.0. The van der Waals surface area contributed by atoms with Gasteiger partial charge in [0.15, 0.2) is 6.10 Å². The Morgan fingerprint density at radius 1 is 0.274 bits per heavy atom. The third-order valence-corrected chi connectivity index (χ3v) is 14.0. The molecule has 0 aliphatic heterocycles. The maximum atomic E-state index is 12.9. The molecule has 6 heteroatoms. The Bertz CT molecular complexity index is 1310. The van der Waals surface area contributed by atoms with E-state index in [1.807, 2.05) is 0 Å². The zero-order valence-electron chi connectivity index (χ0n) is 48.7. The lowest BCUT2D eigenvalue weighted by Gasteiger charge is -2.18. The molecule has 0 aromatic heterocycles. The molecule has 424 valence electrons. The van der Waals surface area contributed by atoms with Crippen molar-refractivity contribution in [3.05, 3.63) is 60.8 Å². The fraction of sp³-hybridized carbons (Fsp3) is 0.806. The molecule has 6 nitrogen and oxygen atoms in total. The topological polar surface area (TPSA) is 78.9 Å². The Kier molecular flexibility index (Phi) is 59.2. The second-order valence-electron chi connectivity index (χ2n) is 21.3. The van der Waals surface area contributed by atoms with Crippen LogP contribution in [0.15, 0.2) is 60.8 Å². The van der Waals surface area contributed by atoms with Crippen LogP contribution in [-0.2, 0) is 28.6 Å². The van der Waals surface area contributed by atoms with Gasteiger partial charge in [0.05, 0.1) is 0 Å². The van der Waals surface area contributed by atoms with Gasteiger partial charge in [0.25, 0.3) is 0 Å². The Hall–Kier alpha value is -2.89. The number of hydrogen-bond donors (Lipinski definition) is 0. The maximum Gasteiger partial charge on any atom is 0.306 e. The van der Waals surface area contributed by atoms with Crippen LogP contribution in [0.3, 0.4) is 0 Å². The lowest BCUT2D eigenvalue weighted by molar-refractivity contribution is -0.167. The Morgan fingerprint density at radius 2 is 0.507 bits per heavy atom. The molecular formula is C67H120O6. The summed E-state index contributed by atoms with van der Waals surface area (Å²) >= 11 is 0. The van der Waals surface area contributed by atoms with E-state index in [1.165, 1.54) is 193 Å². The van der Waals surface area contributed by atoms with E-state index >= 15 is 0 Å². The molecule has 0 heterocycles. The summed E-state index contributed by atoms with van der Waals surface area (Å²) in [5, 5.41) is 0. The van der Waals surface area contributed by atoms with Crippen LogP contribution in [-0.4, -0.2) is 37.2 Å². The average Bonchev–Trinajstić information content (AvgIpc) is 3.39. The van der Waals surface area contributed by atoms with Crippen LogP contribution in [0.4, 0.5) is 0 Å². The van der Waals surface area contributed by atoms with Gasteiger partial charge in [0.2, 0.25) is 0 Å². The summed E-state index contributed by atoms with van der Waals surface area (Å²) in [5.74, 6) is -0.890. The van der Waals surface area contributed by atoms with Crippen molar-refractivity contribution >= 4 is 17.9 Å². The first-order chi connectivity index (χ1) is 36.0. The third kappa shape index (κ3) is 59.9. The summed E-state index contributed by atoms with van der Waals surface area (Å²) in [6.45, 7) is 6.61. The van der Waals surface area contributed by atoms with Crippen molar-refractivity contribution in [3.63, 3.8) is 0 Å². The highest BCUT2D eigenvalue weighted by Gasteiger charge is 2.19. The molecule has 0 aromatic rings. The molecule has 0 rings (SSSR count). The first-order valence-electron chi connectivity index (χ1n) is 31.8. The van der Waals surface area contributed by atoms with Gasteiger partial charge >= 0.3 is 17.9 Å². The summed E-state index contributed by atoms with van der Waals surface area (Å²) in [7, 11) is 0.